The highest BCUT2D eigenvalue weighted by molar-refractivity contribution is 6.34. The zero-order chi connectivity index (χ0) is 24.5. The van der Waals surface area contributed by atoms with Gasteiger partial charge >= 0.3 is 0 Å². The van der Waals surface area contributed by atoms with E-state index in [1.165, 1.54) is 5.01 Å². The second kappa shape index (κ2) is 9.56. The predicted octanol–water partition coefficient (Wildman–Crippen LogP) is 6.55. The molecule has 3 aromatic carbocycles. The third-order valence-electron chi connectivity index (χ3n) is 5.99. The zero-order valence-corrected chi connectivity index (χ0v) is 20.5. The lowest BCUT2D eigenvalue weighted by molar-refractivity contribution is 0.0711. The molecule has 1 aromatic heterocycles. The first-order valence-corrected chi connectivity index (χ1v) is 11.7. The highest BCUT2D eigenvalue weighted by atomic mass is 35.5. The van der Waals surface area contributed by atoms with E-state index in [-0.39, 0.29) is 11.1 Å². The fourth-order valence-corrected chi connectivity index (χ4v) is 4.72. The van der Waals surface area contributed by atoms with Crippen molar-refractivity contribution in [3.8, 4) is 11.5 Å². The van der Waals surface area contributed by atoms with Crippen molar-refractivity contribution in [1.82, 2.24) is 9.99 Å². The van der Waals surface area contributed by atoms with Gasteiger partial charge in [-0.3, -0.25) is 4.79 Å². The first kappa shape index (κ1) is 23.1. The van der Waals surface area contributed by atoms with E-state index in [1.807, 2.05) is 48.5 Å². The Kier molecular flexibility index (Phi) is 6.32. The second-order valence-corrected chi connectivity index (χ2v) is 8.79. The van der Waals surface area contributed by atoms with Crippen LogP contribution in [0.15, 0.2) is 77.9 Å². The Morgan fingerprint density at radius 3 is 2.54 bits per heavy atom. The standard InChI is InChI=1S/C27H21Cl2N3O3/c1-34-18-9-5-7-16(13-18)22-15-23(32(31-22)27(33)19-10-3-4-11-21(19)28)20-14-17-8-6-12-24(35-2)25(17)30-26(20)29/h3-14,23H,15H2,1-2H3/t23-/m1/s1. The second-order valence-electron chi connectivity index (χ2n) is 8.03. The number of amides is 1. The molecule has 0 unspecified atom stereocenters. The van der Waals surface area contributed by atoms with Gasteiger partial charge in [-0.05, 0) is 36.4 Å². The summed E-state index contributed by atoms with van der Waals surface area (Å²) in [5.74, 6) is 1.01. The van der Waals surface area contributed by atoms with Gasteiger partial charge in [-0.2, -0.15) is 5.10 Å². The van der Waals surface area contributed by atoms with Crippen LogP contribution in [0.3, 0.4) is 0 Å². The Hall–Kier alpha value is -3.61. The van der Waals surface area contributed by atoms with Gasteiger partial charge in [0.05, 0.1) is 36.6 Å². The molecule has 1 atom stereocenters. The lowest BCUT2D eigenvalue weighted by Crippen LogP contribution is -2.27. The van der Waals surface area contributed by atoms with Crippen LogP contribution in [-0.2, 0) is 0 Å². The lowest BCUT2D eigenvalue weighted by atomic mass is 9.98. The monoisotopic (exact) mass is 505 g/mol. The molecule has 0 bridgehead atoms. The van der Waals surface area contributed by atoms with E-state index in [4.69, 9.17) is 37.8 Å². The molecule has 5 rings (SSSR count). The van der Waals surface area contributed by atoms with Gasteiger partial charge in [0.2, 0.25) is 0 Å². The summed E-state index contributed by atoms with van der Waals surface area (Å²) >= 11 is 13.1. The lowest BCUT2D eigenvalue weighted by Gasteiger charge is -2.23. The maximum absolute atomic E-state index is 13.7. The molecule has 8 heteroatoms. The van der Waals surface area contributed by atoms with Crippen molar-refractivity contribution in [2.45, 2.75) is 12.5 Å². The number of carbonyl (C=O) groups excluding carboxylic acids is 1. The Labute approximate surface area is 212 Å². The molecular weight excluding hydrogens is 485 g/mol. The molecule has 1 aliphatic heterocycles. The first-order valence-electron chi connectivity index (χ1n) is 10.9. The maximum Gasteiger partial charge on any atom is 0.276 e. The fraction of sp³-hybridized carbons (Fsp3) is 0.148. The van der Waals surface area contributed by atoms with Crippen molar-refractivity contribution in [2.75, 3.05) is 14.2 Å². The van der Waals surface area contributed by atoms with Crippen molar-refractivity contribution in [3.63, 3.8) is 0 Å². The van der Waals surface area contributed by atoms with Gasteiger partial charge < -0.3 is 9.47 Å². The number of halogens is 2. The molecule has 0 spiro atoms. The average Bonchev–Trinajstić information content (AvgIpc) is 3.33. The Morgan fingerprint density at radius 2 is 1.77 bits per heavy atom. The van der Waals surface area contributed by atoms with Gasteiger partial charge in [0.15, 0.2) is 0 Å². The molecule has 0 N–H and O–H groups in total. The van der Waals surface area contributed by atoms with Gasteiger partial charge in [0, 0.05) is 22.9 Å². The number of pyridine rings is 1. The smallest absolute Gasteiger partial charge is 0.276 e. The Bertz CT molecular complexity index is 1470. The minimum absolute atomic E-state index is 0.283. The summed E-state index contributed by atoms with van der Waals surface area (Å²) in [6, 6.07) is 21.6. The molecule has 1 aliphatic rings. The molecule has 1 amide bonds. The van der Waals surface area contributed by atoms with Gasteiger partial charge in [-0.25, -0.2) is 9.99 Å². The van der Waals surface area contributed by atoms with Crippen LogP contribution in [0.4, 0.5) is 0 Å². The van der Waals surface area contributed by atoms with E-state index in [1.54, 1.807) is 38.5 Å². The third-order valence-corrected chi connectivity index (χ3v) is 6.63. The summed E-state index contributed by atoms with van der Waals surface area (Å²) in [6.07, 6.45) is 0.445. The number of ether oxygens (including phenoxy) is 2. The molecule has 0 fully saturated rings. The van der Waals surface area contributed by atoms with E-state index in [0.29, 0.717) is 39.6 Å². The maximum atomic E-state index is 13.7. The number of hydrazone groups is 1. The minimum Gasteiger partial charge on any atom is -0.497 e. The number of fused-ring (bicyclic) bond motifs is 1. The number of benzene rings is 3. The van der Waals surface area contributed by atoms with Crippen molar-refractivity contribution >= 4 is 45.7 Å². The van der Waals surface area contributed by atoms with E-state index >= 15 is 0 Å². The molecule has 176 valence electrons. The molecule has 2 heterocycles. The first-order chi connectivity index (χ1) is 17.0. The Balaban J connectivity index is 1.63. The fourth-order valence-electron chi connectivity index (χ4n) is 4.24. The van der Waals surface area contributed by atoms with Gasteiger partial charge in [0.1, 0.15) is 22.2 Å². The van der Waals surface area contributed by atoms with Crippen LogP contribution in [0.25, 0.3) is 10.9 Å². The molecular formula is C27H21Cl2N3O3. The summed E-state index contributed by atoms with van der Waals surface area (Å²) < 4.78 is 10.8. The predicted molar refractivity (Wildman–Crippen MR) is 138 cm³/mol. The number of aromatic nitrogens is 1. The van der Waals surface area contributed by atoms with Crippen LogP contribution in [-0.4, -0.2) is 35.8 Å². The van der Waals surface area contributed by atoms with E-state index in [2.05, 4.69) is 4.98 Å². The summed E-state index contributed by atoms with van der Waals surface area (Å²) in [5.41, 5.74) is 3.29. The van der Waals surface area contributed by atoms with Gasteiger partial charge in [-0.15, -0.1) is 0 Å². The van der Waals surface area contributed by atoms with Crippen molar-refractivity contribution in [3.05, 3.63) is 99.7 Å². The number of hydrogen-bond donors (Lipinski definition) is 0. The van der Waals surface area contributed by atoms with E-state index < -0.39 is 6.04 Å². The van der Waals surface area contributed by atoms with Crippen LogP contribution in [0.1, 0.15) is 33.9 Å². The normalized spacial score (nSPS) is 15.3. The van der Waals surface area contributed by atoms with Crippen molar-refractivity contribution < 1.29 is 14.3 Å². The third kappa shape index (κ3) is 4.31. The van der Waals surface area contributed by atoms with Crippen LogP contribution < -0.4 is 9.47 Å². The highest BCUT2D eigenvalue weighted by Gasteiger charge is 2.36. The number of para-hydroxylation sites is 1. The number of nitrogens with zero attached hydrogens (tertiary/aromatic N) is 3. The largest absolute Gasteiger partial charge is 0.497 e. The topological polar surface area (TPSA) is 64.0 Å². The summed E-state index contributed by atoms with van der Waals surface area (Å²) in [4.78, 5) is 18.3. The number of rotatable bonds is 5. The number of methoxy groups -OCH3 is 2. The van der Waals surface area contributed by atoms with Gasteiger partial charge in [0.25, 0.3) is 5.91 Å². The summed E-state index contributed by atoms with van der Waals surface area (Å²) in [7, 11) is 3.20. The van der Waals surface area contributed by atoms with E-state index in [9.17, 15) is 4.79 Å². The van der Waals surface area contributed by atoms with Crippen molar-refractivity contribution in [2.24, 2.45) is 5.10 Å². The van der Waals surface area contributed by atoms with E-state index in [0.717, 1.165) is 16.7 Å². The molecule has 4 aromatic rings. The molecule has 0 saturated heterocycles. The minimum atomic E-state index is -0.476. The summed E-state index contributed by atoms with van der Waals surface area (Å²) in [5, 5.41) is 7.68. The highest BCUT2D eigenvalue weighted by Crippen LogP contribution is 2.39. The van der Waals surface area contributed by atoms with Crippen LogP contribution in [0.2, 0.25) is 10.2 Å². The number of hydrogen-bond acceptors (Lipinski definition) is 5. The van der Waals surface area contributed by atoms with Crippen molar-refractivity contribution in [1.29, 1.82) is 0 Å². The van der Waals surface area contributed by atoms with Crippen LogP contribution in [0.5, 0.6) is 11.5 Å². The van der Waals surface area contributed by atoms with Crippen LogP contribution in [0, 0.1) is 0 Å². The molecule has 0 aliphatic carbocycles. The SMILES string of the molecule is COc1cccc(C2=NN(C(=O)c3ccccc3Cl)[C@@H](c3cc4cccc(OC)c4nc3Cl)C2)c1. The quantitative estimate of drug-likeness (QED) is 0.288. The van der Waals surface area contributed by atoms with Crippen LogP contribution >= 0.6 is 23.2 Å². The zero-order valence-electron chi connectivity index (χ0n) is 19.0. The molecule has 35 heavy (non-hydrogen) atoms. The molecule has 0 radical (unpaired) electrons. The summed E-state index contributed by atoms with van der Waals surface area (Å²) in [6.45, 7) is 0. The van der Waals surface area contributed by atoms with Gasteiger partial charge in [-0.1, -0.05) is 59.6 Å². The Morgan fingerprint density at radius 1 is 0.971 bits per heavy atom. The molecule has 0 saturated carbocycles. The average molecular weight is 506 g/mol. The molecule has 6 nitrogen and oxygen atoms in total. The number of carbonyl (C=O) groups is 1.